The number of H-pyrrole nitrogens is 1. The smallest absolute Gasteiger partial charge is 0.352 e. The fourth-order valence-corrected chi connectivity index (χ4v) is 2.86. The second-order valence-corrected chi connectivity index (χ2v) is 6.17. The third kappa shape index (κ3) is 2.13. The lowest BCUT2D eigenvalue weighted by molar-refractivity contribution is 0.0691. The third-order valence-electron chi connectivity index (χ3n) is 2.41. The molecule has 0 spiro atoms. The summed E-state index contributed by atoms with van der Waals surface area (Å²) < 4.78 is 22.6. The van der Waals surface area contributed by atoms with Crippen LogP contribution in [0.2, 0.25) is 0 Å². The number of aromatic carboxylic acids is 1. The molecule has 2 rings (SSSR count). The van der Waals surface area contributed by atoms with E-state index < -0.39 is 15.0 Å². The van der Waals surface area contributed by atoms with Crippen LogP contribution >= 0.6 is 10.7 Å². The van der Waals surface area contributed by atoms with Gasteiger partial charge in [0, 0.05) is 21.6 Å². The highest BCUT2D eigenvalue weighted by atomic mass is 35.7. The van der Waals surface area contributed by atoms with Gasteiger partial charge in [-0.05, 0) is 30.7 Å². The van der Waals surface area contributed by atoms with E-state index in [2.05, 4.69) is 4.98 Å². The minimum absolute atomic E-state index is 0.00326. The van der Waals surface area contributed by atoms with Crippen molar-refractivity contribution in [2.45, 2.75) is 11.8 Å². The average Bonchev–Trinajstić information content (AvgIpc) is 2.57. The molecule has 5 nitrogen and oxygen atoms in total. The molecule has 90 valence electrons. The number of carbonyl (C=O) groups is 1. The molecule has 0 unspecified atom stereocenters. The van der Waals surface area contributed by atoms with E-state index >= 15 is 0 Å². The quantitative estimate of drug-likeness (QED) is 0.820. The van der Waals surface area contributed by atoms with E-state index in [1.807, 2.05) is 0 Å². The highest BCUT2D eigenvalue weighted by Crippen LogP contribution is 2.26. The predicted molar refractivity (Wildman–Crippen MR) is 63.0 cm³/mol. The van der Waals surface area contributed by atoms with Crippen LogP contribution < -0.4 is 0 Å². The van der Waals surface area contributed by atoms with Gasteiger partial charge in [0.1, 0.15) is 5.69 Å². The van der Waals surface area contributed by atoms with Crippen LogP contribution in [0.15, 0.2) is 23.1 Å². The molecule has 1 heterocycles. The Kier molecular flexibility index (Phi) is 2.63. The molecule has 0 saturated heterocycles. The summed E-state index contributed by atoms with van der Waals surface area (Å²) in [5.41, 5.74) is 1.03. The van der Waals surface area contributed by atoms with Gasteiger partial charge in [-0.15, -0.1) is 0 Å². The first-order valence-corrected chi connectivity index (χ1v) is 6.91. The van der Waals surface area contributed by atoms with Crippen molar-refractivity contribution in [3.63, 3.8) is 0 Å². The molecule has 0 aliphatic rings. The molecule has 0 fully saturated rings. The van der Waals surface area contributed by atoms with Gasteiger partial charge in [0.15, 0.2) is 0 Å². The first kappa shape index (κ1) is 11.9. The zero-order chi connectivity index (χ0) is 12.8. The highest BCUT2D eigenvalue weighted by molar-refractivity contribution is 8.13. The number of carboxylic acids is 1. The molecule has 0 amide bonds. The summed E-state index contributed by atoms with van der Waals surface area (Å²) >= 11 is 0. The molecule has 0 atom stereocenters. The zero-order valence-electron chi connectivity index (χ0n) is 8.69. The summed E-state index contributed by atoms with van der Waals surface area (Å²) in [6.45, 7) is 1.59. The Balaban J connectivity index is 2.77. The number of hydrogen-bond acceptors (Lipinski definition) is 3. The van der Waals surface area contributed by atoms with Gasteiger partial charge in [-0.1, -0.05) is 0 Å². The predicted octanol–water partition coefficient (Wildman–Crippen LogP) is 2.10. The Labute approximate surface area is 101 Å². The number of halogens is 1. The number of aryl methyl sites for hydroxylation is 1. The van der Waals surface area contributed by atoms with Crippen LogP contribution in [0.5, 0.6) is 0 Å². The molecule has 0 radical (unpaired) electrons. The van der Waals surface area contributed by atoms with Gasteiger partial charge < -0.3 is 10.1 Å². The fourth-order valence-electron chi connectivity index (χ4n) is 1.65. The molecular formula is C10H8ClNO4S. The third-order valence-corrected chi connectivity index (χ3v) is 3.87. The summed E-state index contributed by atoms with van der Waals surface area (Å²) in [6.07, 6.45) is 0. The zero-order valence-corrected chi connectivity index (χ0v) is 10.3. The van der Waals surface area contributed by atoms with Crippen molar-refractivity contribution in [2.24, 2.45) is 0 Å². The number of benzene rings is 1. The molecule has 0 saturated carbocycles. The van der Waals surface area contributed by atoms with E-state index in [1.165, 1.54) is 12.1 Å². The van der Waals surface area contributed by atoms with Gasteiger partial charge in [-0.2, -0.15) is 0 Å². The summed E-state index contributed by atoms with van der Waals surface area (Å²) in [5, 5.41) is 9.30. The van der Waals surface area contributed by atoms with Crippen LogP contribution in [0.1, 0.15) is 16.1 Å². The van der Waals surface area contributed by atoms with Crippen LogP contribution in [-0.4, -0.2) is 24.5 Å². The Morgan fingerprint density at radius 2 is 2.00 bits per heavy atom. The summed E-state index contributed by atoms with van der Waals surface area (Å²) in [6, 6.07) is 4.27. The van der Waals surface area contributed by atoms with Crippen LogP contribution in [0.25, 0.3) is 10.9 Å². The van der Waals surface area contributed by atoms with E-state index in [4.69, 9.17) is 15.8 Å². The highest BCUT2D eigenvalue weighted by Gasteiger charge is 2.16. The van der Waals surface area contributed by atoms with E-state index in [0.29, 0.717) is 16.5 Å². The van der Waals surface area contributed by atoms with Crippen LogP contribution in [0.3, 0.4) is 0 Å². The lowest BCUT2D eigenvalue weighted by Crippen LogP contribution is -1.95. The molecule has 2 N–H and O–H groups in total. The number of carboxylic acid groups (broad SMARTS) is 1. The largest absolute Gasteiger partial charge is 0.477 e. The van der Waals surface area contributed by atoms with Crippen molar-refractivity contribution in [3.05, 3.63) is 29.5 Å². The summed E-state index contributed by atoms with van der Waals surface area (Å²) in [4.78, 5) is 13.4. The van der Waals surface area contributed by atoms with Crippen molar-refractivity contribution in [3.8, 4) is 0 Å². The first-order chi connectivity index (χ1) is 7.79. The van der Waals surface area contributed by atoms with Crippen molar-refractivity contribution in [1.82, 2.24) is 4.98 Å². The summed E-state index contributed by atoms with van der Waals surface area (Å²) in [5.74, 6) is -1.10. The number of nitrogens with one attached hydrogen (secondary N) is 1. The Bertz CT molecular complexity index is 717. The second-order valence-electron chi connectivity index (χ2n) is 3.63. The standard InChI is InChI=1S/C10H8ClNO4S/c1-5-2-7-6(3-8(12-7)10(13)14)4-9(5)17(11,15)16/h2-4,12H,1H3,(H,13,14). The average molecular weight is 274 g/mol. The molecule has 1 aromatic carbocycles. The Hall–Kier alpha value is -1.53. The van der Waals surface area contributed by atoms with Crippen molar-refractivity contribution < 1.29 is 18.3 Å². The topological polar surface area (TPSA) is 87.2 Å². The lowest BCUT2D eigenvalue weighted by Gasteiger charge is -2.01. The van der Waals surface area contributed by atoms with Gasteiger partial charge in [0.2, 0.25) is 0 Å². The van der Waals surface area contributed by atoms with Gasteiger partial charge in [0.25, 0.3) is 9.05 Å². The van der Waals surface area contributed by atoms with Crippen molar-refractivity contribution >= 4 is 36.6 Å². The maximum Gasteiger partial charge on any atom is 0.352 e. The van der Waals surface area contributed by atoms with E-state index in [1.54, 1.807) is 13.0 Å². The van der Waals surface area contributed by atoms with Gasteiger partial charge >= 0.3 is 5.97 Å². The van der Waals surface area contributed by atoms with Gasteiger partial charge in [0.05, 0.1) is 4.90 Å². The molecule has 2 aromatic rings. The molecule has 0 aliphatic carbocycles. The van der Waals surface area contributed by atoms with E-state index in [0.717, 1.165) is 0 Å². The number of fused-ring (bicyclic) bond motifs is 1. The number of hydrogen-bond donors (Lipinski definition) is 2. The Morgan fingerprint density at radius 3 is 2.53 bits per heavy atom. The number of aromatic amines is 1. The second kappa shape index (κ2) is 3.75. The van der Waals surface area contributed by atoms with Crippen molar-refractivity contribution in [2.75, 3.05) is 0 Å². The van der Waals surface area contributed by atoms with Gasteiger partial charge in [-0.3, -0.25) is 0 Å². The monoisotopic (exact) mass is 273 g/mol. The molecule has 7 heteroatoms. The van der Waals surface area contributed by atoms with Crippen LogP contribution in [-0.2, 0) is 9.05 Å². The molecular weight excluding hydrogens is 266 g/mol. The maximum absolute atomic E-state index is 11.3. The number of aromatic nitrogens is 1. The molecule has 0 bridgehead atoms. The minimum Gasteiger partial charge on any atom is -0.477 e. The maximum atomic E-state index is 11.3. The molecule has 0 aliphatic heterocycles. The van der Waals surface area contributed by atoms with Crippen LogP contribution in [0, 0.1) is 6.92 Å². The molecule has 1 aromatic heterocycles. The van der Waals surface area contributed by atoms with Gasteiger partial charge in [-0.25, -0.2) is 13.2 Å². The lowest BCUT2D eigenvalue weighted by atomic mass is 10.2. The minimum atomic E-state index is -3.83. The number of rotatable bonds is 2. The Morgan fingerprint density at radius 1 is 1.35 bits per heavy atom. The molecule has 17 heavy (non-hydrogen) atoms. The van der Waals surface area contributed by atoms with Crippen molar-refractivity contribution in [1.29, 1.82) is 0 Å². The first-order valence-electron chi connectivity index (χ1n) is 4.60. The summed E-state index contributed by atoms with van der Waals surface area (Å²) in [7, 11) is 1.45. The van der Waals surface area contributed by atoms with Crippen LogP contribution in [0.4, 0.5) is 0 Å². The van der Waals surface area contributed by atoms with E-state index in [-0.39, 0.29) is 10.6 Å². The fraction of sp³-hybridized carbons (Fsp3) is 0.100. The SMILES string of the molecule is Cc1cc2[nH]c(C(=O)O)cc2cc1S(=O)(=O)Cl. The van der Waals surface area contributed by atoms with E-state index in [9.17, 15) is 13.2 Å². The normalized spacial score (nSPS) is 11.9.